The van der Waals surface area contributed by atoms with Gasteiger partial charge in [-0.2, -0.15) is 0 Å². The highest BCUT2D eigenvalue weighted by atomic mass is 32.2. The molecule has 42 heavy (non-hydrogen) atoms. The highest BCUT2D eigenvalue weighted by Crippen LogP contribution is 2.51. The largest absolute Gasteiger partial charge is 0.371 e. The lowest BCUT2D eigenvalue weighted by Crippen LogP contribution is -2.54. The van der Waals surface area contributed by atoms with E-state index in [4.69, 9.17) is 0 Å². The SMILES string of the molecule is CN(C1CCC[C@H]1C(C)(c1ccccc1)C1CCN(CC2CN(c3ccc(S(=O)(=O)C4CC4)cc3)C2)CC1)S(C)(=O)=O. The van der Waals surface area contributed by atoms with Crippen LogP contribution in [0.4, 0.5) is 5.69 Å². The van der Waals surface area contributed by atoms with Gasteiger partial charge >= 0.3 is 0 Å². The first-order valence-corrected chi connectivity index (χ1v) is 19.2. The summed E-state index contributed by atoms with van der Waals surface area (Å²) in [4.78, 5) is 5.45. The minimum atomic E-state index is -3.25. The summed E-state index contributed by atoms with van der Waals surface area (Å²) < 4.78 is 51.8. The summed E-state index contributed by atoms with van der Waals surface area (Å²) in [5, 5.41) is -0.167. The molecule has 2 saturated carbocycles. The number of nitrogens with zero attached hydrogens (tertiary/aromatic N) is 3. The Morgan fingerprint density at radius 2 is 1.50 bits per heavy atom. The van der Waals surface area contributed by atoms with Crippen molar-refractivity contribution >= 4 is 25.5 Å². The van der Waals surface area contributed by atoms with Gasteiger partial charge in [0.15, 0.2) is 9.84 Å². The highest BCUT2D eigenvalue weighted by molar-refractivity contribution is 7.92. The van der Waals surface area contributed by atoms with Crippen LogP contribution in [-0.4, -0.2) is 83.4 Å². The Bertz CT molecular complexity index is 1450. The van der Waals surface area contributed by atoms with Gasteiger partial charge in [0.25, 0.3) is 0 Å². The van der Waals surface area contributed by atoms with Crippen molar-refractivity contribution in [1.82, 2.24) is 9.21 Å². The fourth-order valence-corrected chi connectivity index (χ4v) is 10.7. The zero-order chi connectivity index (χ0) is 29.7. The lowest BCUT2D eigenvalue weighted by molar-refractivity contribution is 0.0697. The van der Waals surface area contributed by atoms with E-state index in [1.807, 2.05) is 12.1 Å². The molecule has 2 unspecified atom stereocenters. The van der Waals surface area contributed by atoms with Gasteiger partial charge in [-0.25, -0.2) is 21.1 Å². The number of benzene rings is 2. The van der Waals surface area contributed by atoms with Crippen LogP contribution in [0.5, 0.6) is 0 Å². The quantitative estimate of drug-likeness (QED) is 0.384. The van der Waals surface area contributed by atoms with E-state index in [9.17, 15) is 16.8 Å². The highest BCUT2D eigenvalue weighted by Gasteiger charge is 2.50. The number of piperidine rings is 1. The van der Waals surface area contributed by atoms with Gasteiger partial charge in [-0.05, 0) is 98.7 Å². The minimum Gasteiger partial charge on any atom is -0.371 e. The summed E-state index contributed by atoms with van der Waals surface area (Å²) in [6, 6.07) is 18.4. The van der Waals surface area contributed by atoms with Gasteiger partial charge in [-0.15, -0.1) is 0 Å². The molecule has 2 saturated heterocycles. The molecule has 2 aromatic rings. The first-order valence-electron chi connectivity index (χ1n) is 15.8. The predicted molar refractivity (Wildman–Crippen MR) is 169 cm³/mol. The Balaban J connectivity index is 1.07. The lowest BCUT2D eigenvalue weighted by atomic mass is 9.59. The van der Waals surface area contributed by atoms with Gasteiger partial charge in [0.1, 0.15) is 0 Å². The number of likely N-dealkylation sites (tertiary alicyclic amines) is 1. The molecule has 0 spiro atoms. The van der Waals surface area contributed by atoms with Crippen LogP contribution in [0.2, 0.25) is 0 Å². The molecule has 0 bridgehead atoms. The molecule has 7 nitrogen and oxygen atoms in total. The topological polar surface area (TPSA) is 78.0 Å². The van der Waals surface area contributed by atoms with Crippen molar-refractivity contribution < 1.29 is 16.8 Å². The second-order valence-corrected chi connectivity index (χ2v) is 17.9. The Hall–Kier alpha value is -1.94. The van der Waals surface area contributed by atoms with E-state index >= 15 is 0 Å². The van der Waals surface area contributed by atoms with E-state index < -0.39 is 19.9 Å². The van der Waals surface area contributed by atoms with Gasteiger partial charge in [0, 0.05) is 44.3 Å². The molecule has 230 valence electrons. The van der Waals surface area contributed by atoms with Crippen LogP contribution in [0.1, 0.15) is 57.4 Å². The maximum atomic E-state index is 12.6. The van der Waals surface area contributed by atoms with E-state index in [0.29, 0.717) is 22.6 Å². The van der Waals surface area contributed by atoms with E-state index in [1.165, 1.54) is 11.8 Å². The third-order valence-corrected chi connectivity index (χ3v) is 14.6. The maximum Gasteiger partial charge on any atom is 0.211 e. The van der Waals surface area contributed by atoms with Crippen molar-refractivity contribution in [1.29, 1.82) is 0 Å². The van der Waals surface area contributed by atoms with Crippen molar-refractivity contribution in [3.63, 3.8) is 0 Å². The molecule has 2 heterocycles. The molecule has 9 heteroatoms. The molecule has 4 aliphatic rings. The molecule has 6 rings (SSSR count). The summed E-state index contributed by atoms with van der Waals surface area (Å²) in [5.41, 5.74) is 2.40. The molecule has 2 aliphatic carbocycles. The summed E-state index contributed by atoms with van der Waals surface area (Å²) >= 11 is 0. The summed E-state index contributed by atoms with van der Waals surface area (Å²) in [6.07, 6.45) is 8.28. The van der Waals surface area contributed by atoms with Crippen LogP contribution in [0.25, 0.3) is 0 Å². The smallest absolute Gasteiger partial charge is 0.211 e. The van der Waals surface area contributed by atoms with Gasteiger partial charge in [0.2, 0.25) is 10.0 Å². The summed E-state index contributed by atoms with van der Waals surface area (Å²) in [6.45, 7) is 7.71. The fourth-order valence-electron chi connectivity index (χ4n) is 8.26. The Morgan fingerprint density at radius 1 is 0.857 bits per heavy atom. The normalized spacial score (nSPS) is 26.3. The van der Waals surface area contributed by atoms with Gasteiger partial charge in [0.05, 0.1) is 16.4 Å². The van der Waals surface area contributed by atoms with Crippen molar-refractivity contribution in [2.45, 2.75) is 73.5 Å². The van der Waals surface area contributed by atoms with Crippen molar-refractivity contribution in [3.8, 4) is 0 Å². The molecule has 0 N–H and O–H groups in total. The van der Waals surface area contributed by atoms with E-state index in [-0.39, 0.29) is 16.7 Å². The van der Waals surface area contributed by atoms with E-state index in [1.54, 1.807) is 23.5 Å². The molecule has 0 amide bonds. The maximum absolute atomic E-state index is 12.6. The average molecular weight is 614 g/mol. The number of sulfonamides is 1. The van der Waals surface area contributed by atoms with Crippen LogP contribution in [-0.2, 0) is 25.3 Å². The second-order valence-electron chi connectivity index (χ2n) is 13.6. The lowest BCUT2D eigenvalue weighted by Gasteiger charge is -2.50. The molecule has 2 aliphatic heterocycles. The van der Waals surface area contributed by atoms with Gasteiger partial charge in [-0.3, -0.25) is 0 Å². The monoisotopic (exact) mass is 613 g/mol. The van der Waals surface area contributed by atoms with Crippen molar-refractivity contribution in [2.24, 2.45) is 17.8 Å². The number of sulfone groups is 1. The molecular weight excluding hydrogens is 567 g/mol. The van der Waals surface area contributed by atoms with Crippen LogP contribution >= 0.6 is 0 Å². The zero-order valence-corrected chi connectivity index (χ0v) is 27.0. The Kier molecular flexibility index (Phi) is 8.26. The average Bonchev–Trinajstić information content (AvgIpc) is 3.72. The van der Waals surface area contributed by atoms with Crippen LogP contribution in [0, 0.1) is 17.8 Å². The predicted octanol–water partition coefficient (Wildman–Crippen LogP) is 4.79. The number of rotatable bonds is 10. The van der Waals surface area contributed by atoms with Gasteiger partial charge < -0.3 is 9.80 Å². The molecule has 4 fully saturated rings. The number of hydrogen-bond donors (Lipinski definition) is 0. The molecule has 3 atom stereocenters. The first-order chi connectivity index (χ1) is 20.0. The van der Waals surface area contributed by atoms with Crippen LogP contribution in [0.15, 0.2) is 59.5 Å². The van der Waals surface area contributed by atoms with E-state index in [2.05, 4.69) is 47.1 Å². The standard InChI is InChI=1S/C33H47N3O4S2/c1-33(26-8-5-4-6-9-26,31-10-7-11-32(31)34(2)41(3,37)38)27-18-20-35(21-19-27)22-25-23-36(24-25)28-12-14-29(15-13-28)42(39,40)30-16-17-30/h4-6,8-9,12-15,25,27,30-32H,7,10-11,16-24H2,1-3H3/t31-,32?,33?/m1/s1. The third kappa shape index (κ3) is 5.78. The fraction of sp³-hybridized carbons (Fsp3) is 0.636. The zero-order valence-electron chi connectivity index (χ0n) is 25.4. The first kappa shape index (κ1) is 30.1. The molecule has 2 aromatic carbocycles. The molecular formula is C33H47N3O4S2. The minimum absolute atomic E-state index is 0.0482. The van der Waals surface area contributed by atoms with Crippen LogP contribution in [0.3, 0.4) is 0 Å². The second kappa shape index (κ2) is 11.5. The van der Waals surface area contributed by atoms with Crippen LogP contribution < -0.4 is 4.90 Å². The number of hydrogen-bond acceptors (Lipinski definition) is 6. The van der Waals surface area contributed by atoms with Gasteiger partial charge in [-0.1, -0.05) is 43.7 Å². The number of anilines is 1. The molecule has 0 radical (unpaired) electrons. The summed E-state index contributed by atoms with van der Waals surface area (Å²) in [7, 11) is -4.61. The van der Waals surface area contributed by atoms with Crippen molar-refractivity contribution in [3.05, 3.63) is 60.2 Å². The Labute approximate surface area is 253 Å². The van der Waals surface area contributed by atoms with Crippen molar-refractivity contribution in [2.75, 3.05) is 50.9 Å². The Morgan fingerprint density at radius 3 is 2.10 bits per heavy atom. The summed E-state index contributed by atoms with van der Waals surface area (Å²) in [5.74, 6) is 1.44. The van der Waals surface area contributed by atoms with E-state index in [0.717, 1.165) is 83.4 Å². The molecule has 0 aromatic heterocycles. The third-order valence-electron chi connectivity index (χ3n) is 11.0.